The minimum atomic E-state index is -0.371. The zero-order valence-corrected chi connectivity index (χ0v) is 17.9. The number of rotatable bonds is 7. The number of aromatic nitrogens is 4. The van der Waals surface area contributed by atoms with Crippen molar-refractivity contribution in [3.8, 4) is 0 Å². The molecule has 0 fully saturated rings. The van der Waals surface area contributed by atoms with E-state index in [0.29, 0.717) is 63.6 Å². The smallest absolute Gasteiger partial charge is 0.341 e. The fourth-order valence-electron chi connectivity index (χ4n) is 3.54. The fraction of sp³-hybridized carbons (Fsp3) is 0.619. The van der Waals surface area contributed by atoms with Gasteiger partial charge >= 0.3 is 5.97 Å². The van der Waals surface area contributed by atoms with Crippen LogP contribution in [0.1, 0.15) is 65.2 Å². The summed E-state index contributed by atoms with van der Waals surface area (Å²) in [6.07, 6.45) is 6.88. The maximum Gasteiger partial charge on any atom is 0.341 e. The Morgan fingerprint density at radius 3 is 2.87 bits per heavy atom. The summed E-state index contributed by atoms with van der Waals surface area (Å²) in [5.41, 5.74) is 2.99. The van der Waals surface area contributed by atoms with Gasteiger partial charge in [-0.2, -0.15) is 10.2 Å². The third-order valence-electron chi connectivity index (χ3n) is 5.10. The molecular formula is C21H31N5O4. The third kappa shape index (κ3) is 5.47. The third-order valence-corrected chi connectivity index (χ3v) is 5.10. The molecule has 1 N–H and O–H groups in total. The molecule has 164 valence electrons. The van der Waals surface area contributed by atoms with Crippen LogP contribution < -0.4 is 5.32 Å². The van der Waals surface area contributed by atoms with Crippen LogP contribution in [0.2, 0.25) is 0 Å². The summed E-state index contributed by atoms with van der Waals surface area (Å²) in [7, 11) is 0. The quantitative estimate of drug-likeness (QED) is 0.546. The molecule has 2 aromatic rings. The van der Waals surface area contributed by atoms with Crippen LogP contribution in [0, 0.1) is 0 Å². The van der Waals surface area contributed by atoms with E-state index in [2.05, 4.69) is 15.5 Å². The molecule has 1 amide bonds. The number of esters is 1. The fourth-order valence-corrected chi connectivity index (χ4v) is 3.54. The number of nitrogens with one attached hydrogen (secondary N) is 1. The Labute approximate surface area is 176 Å². The topological polar surface area (TPSA) is 100 Å². The standard InChI is InChI=1S/C21H31N5O4/c1-3-25-15-16(14-23-25)21(28)30-13-6-9-18-17-8-5-11-29-12-7-10-22-20(27)19(17)26(4-2)24-18/h14-15H,3-13H2,1-2H3,(H,22,27). The number of hydrogen-bond acceptors (Lipinski definition) is 6. The summed E-state index contributed by atoms with van der Waals surface area (Å²) in [4.78, 5) is 24.9. The average Bonchev–Trinajstić information content (AvgIpc) is 3.36. The Kier molecular flexibility index (Phi) is 8.01. The normalized spacial score (nSPS) is 15.2. The van der Waals surface area contributed by atoms with Gasteiger partial charge in [-0.05, 0) is 46.0 Å². The first-order valence-electron chi connectivity index (χ1n) is 10.8. The van der Waals surface area contributed by atoms with E-state index in [1.54, 1.807) is 15.6 Å². The van der Waals surface area contributed by atoms with Crippen LogP contribution in [0.25, 0.3) is 0 Å². The van der Waals surface area contributed by atoms with Gasteiger partial charge in [-0.25, -0.2) is 4.79 Å². The Morgan fingerprint density at radius 2 is 2.10 bits per heavy atom. The number of ether oxygens (including phenoxy) is 2. The molecule has 1 aliphatic heterocycles. The largest absolute Gasteiger partial charge is 0.462 e. The van der Waals surface area contributed by atoms with E-state index in [4.69, 9.17) is 9.47 Å². The van der Waals surface area contributed by atoms with Gasteiger partial charge in [0.25, 0.3) is 5.91 Å². The van der Waals surface area contributed by atoms with Crippen molar-refractivity contribution in [2.24, 2.45) is 0 Å². The van der Waals surface area contributed by atoms with Crippen LogP contribution in [-0.4, -0.2) is 57.8 Å². The highest BCUT2D eigenvalue weighted by Crippen LogP contribution is 2.19. The molecule has 2 aromatic heterocycles. The SMILES string of the molecule is CCn1cc(C(=O)OCCCc2nn(CC)c3c2CCCOCCCNC3=O)cn1. The van der Waals surface area contributed by atoms with E-state index in [0.717, 1.165) is 30.5 Å². The Balaban J connectivity index is 1.63. The van der Waals surface area contributed by atoms with Crippen LogP contribution in [0.4, 0.5) is 0 Å². The van der Waals surface area contributed by atoms with Crippen molar-refractivity contribution >= 4 is 11.9 Å². The summed E-state index contributed by atoms with van der Waals surface area (Å²) >= 11 is 0. The molecule has 30 heavy (non-hydrogen) atoms. The van der Waals surface area contributed by atoms with Gasteiger partial charge in [0.1, 0.15) is 5.69 Å². The van der Waals surface area contributed by atoms with E-state index >= 15 is 0 Å². The van der Waals surface area contributed by atoms with Crippen LogP contribution in [0.5, 0.6) is 0 Å². The molecule has 3 rings (SSSR count). The summed E-state index contributed by atoms with van der Waals surface area (Å²) < 4.78 is 14.5. The molecule has 0 aromatic carbocycles. The maximum absolute atomic E-state index is 12.7. The van der Waals surface area contributed by atoms with Crippen molar-refractivity contribution in [1.29, 1.82) is 0 Å². The first-order chi connectivity index (χ1) is 14.6. The predicted octanol–water partition coefficient (Wildman–Crippen LogP) is 1.99. The molecule has 0 saturated carbocycles. The van der Waals surface area contributed by atoms with Gasteiger partial charge in [0.2, 0.25) is 0 Å². The highest BCUT2D eigenvalue weighted by atomic mass is 16.5. The molecule has 0 saturated heterocycles. The molecular weight excluding hydrogens is 386 g/mol. The van der Waals surface area contributed by atoms with Gasteiger partial charge in [-0.15, -0.1) is 0 Å². The minimum Gasteiger partial charge on any atom is -0.462 e. The lowest BCUT2D eigenvalue weighted by Gasteiger charge is -2.08. The highest BCUT2D eigenvalue weighted by molar-refractivity contribution is 5.94. The number of hydrogen-bond donors (Lipinski definition) is 1. The Bertz CT molecular complexity index is 858. The zero-order valence-electron chi connectivity index (χ0n) is 17.9. The molecule has 0 unspecified atom stereocenters. The van der Waals surface area contributed by atoms with Crippen LogP contribution in [0.3, 0.4) is 0 Å². The van der Waals surface area contributed by atoms with Crippen LogP contribution >= 0.6 is 0 Å². The van der Waals surface area contributed by atoms with E-state index in [1.807, 2.05) is 13.8 Å². The predicted molar refractivity (Wildman–Crippen MR) is 110 cm³/mol. The van der Waals surface area contributed by atoms with Crippen molar-refractivity contribution in [1.82, 2.24) is 24.9 Å². The molecule has 0 atom stereocenters. The van der Waals surface area contributed by atoms with Gasteiger partial charge in [-0.1, -0.05) is 0 Å². The lowest BCUT2D eigenvalue weighted by molar-refractivity contribution is 0.0500. The van der Waals surface area contributed by atoms with E-state index in [-0.39, 0.29) is 11.9 Å². The van der Waals surface area contributed by atoms with Crippen molar-refractivity contribution in [3.63, 3.8) is 0 Å². The van der Waals surface area contributed by atoms with E-state index in [9.17, 15) is 9.59 Å². The average molecular weight is 418 g/mol. The van der Waals surface area contributed by atoms with E-state index < -0.39 is 0 Å². The Hall–Kier alpha value is -2.68. The number of aryl methyl sites for hydroxylation is 3. The second kappa shape index (κ2) is 10.9. The highest BCUT2D eigenvalue weighted by Gasteiger charge is 2.23. The number of carbonyl (C=O) groups is 2. The molecule has 0 bridgehead atoms. The second-order valence-electron chi connectivity index (χ2n) is 7.24. The molecule has 0 spiro atoms. The van der Waals surface area contributed by atoms with Crippen molar-refractivity contribution in [2.45, 2.75) is 59.0 Å². The first-order valence-corrected chi connectivity index (χ1v) is 10.8. The summed E-state index contributed by atoms with van der Waals surface area (Å²) in [6, 6.07) is 0. The van der Waals surface area contributed by atoms with E-state index in [1.165, 1.54) is 6.20 Å². The number of carbonyl (C=O) groups excluding carboxylic acids is 2. The molecule has 0 aliphatic carbocycles. The monoisotopic (exact) mass is 417 g/mol. The van der Waals surface area contributed by atoms with Gasteiger partial charge in [-0.3, -0.25) is 14.2 Å². The van der Waals surface area contributed by atoms with Gasteiger partial charge in [0, 0.05) is 44.6 Å². The number of fused-ring (bicyclic) bond motifs is 1. The molecule has 3 heterocycles. The van der Waals surface area contributed by atoms with Crippen molar-refractivity contribution < 1.29 is 19.1 Å². The lowest BCUT2D eigenvalue weighted by atomic mass is 10.0. The molecule has 9 heteroatoms. The van der Waals surface area contributed by atoms with Crippen LogP contribution in [0.15, 0.2) is 12.4 Å². The maximum atomic E-state index is 12.7. The molecule has 9 nitrogen and oxygen atoms in total. The summed E-state index contributed by atoms with van der Waals surface area (Å²) in [5.74, 6) is -0.448. The van der Waals surface area contributed by atoms with Gasteiger partial charge < -0.3 is 14.8 Å². The number of nitrogens with zero attached hydrogens (tertiary/aromatic N) is 4. The molecule has 0 radical (unpaired) electrons. The molecule has 1 aliphatic rings. The van der Waals surface area contributed by atoms with Gasteiger partial charge in [0.15, 0.2) is 0 Å². The Morgan fingerprint density at radius 1 is 1.27 bits per heavy atom. The second-order valence-corrected chi connectivity index (χ2v) is 7.24. The lowest BCUT2D eigenvalue weighted by Crippen LogP contribution is -2.28. The first kappa shape index (κ1) is 22.0. The van der Waals surface area contributed by atoms with Crippen LogP contribution in [-0.2, 0) is 35.4 Å². The summed E-state index contributed by atoms with van der Waals surface area (Å²) in [6.45, 7) is 7.49. The van der Waals surface area contributed by atoms with Crippen molar-refractivity contribution in [2.75, 3.05) is 26.4 Å². The number of amides is 1. The van der Waals surface area contributed by atoms with Crippen molar-refractivity contribution in [3.05, 3.63) is 34.9 Å². The van der Waals surface area contributed by atoms with Gasteiger partial charge in [0.05, 0.1) is 24.1 Å². The zero-order chi connectivity index (χ0) is 21.3. The summed E-state index contributed by atoms with van der Waals surface area (Å²) in [5, 5.41) is 11.7. The minimum absolute atomic E-state index is 0.0770.